The Balaban J connectivity index is 1.16. The van der Waals surface area contributed by atoms with E-state index in [9.17, 15) is 4.79 Å². The highest BCUT2D eigenvalue weighted by atomic mass is 32.2. The van der Waals surface area contributed by atoms with Crippen LogP contribution in [0.1, 0.15) is 36.0 Å². The van der Waals surface area contributed by atoms with Crippen molar-refractivity contribution in [2.45, 2.75) is 24.1 Å². The molecule has 186 valence electrons. The summed E-state index contributed by atoms with van der Waals surface area (Å²) in [5, 5.41) is 6.60. The Morgan fingerprint density at radius 3 is 2.25 bits per heavy atom. The van der Waals surface area contributed by atoms with E-state index >= 15 is 0 Å². The molecule has 0 saturated carbocycles. The van der Waals surface area contributed by atoms with Gasteiger partial charge < -0.3 is 10.2 Å². The topological polar surface area (TPSA) is 57.3 Å². The lowest BCUT2D eigenvalue weighted by Gasteiger charge is -2.31. The average molecular weight is 499 g/mol. The van der Waals surface area contributed by atoms with Gasteiger partial charge in [-0.3, -0.25) is 15.1 Å². The van der Waals surface area contributed by atoms with Crippen molar-refractivity contribution in [2.75, 3.05) is 38.5 Å². The zero-order valence-corrected chi connectivity index (χ0v) is 21.5. The van der Waals surface area contributed by atoms with Crippen molar-refractivity contribution in [1.29, 1.82) is 0 Å². The lowest BCUT2D eigenvalue weighted by Crippen LogP contribution is -2.49. The van der Waals surface area contributed by atoms with Gasteiger partial charge in [-0.2, -0.15) is 0 Å². The van der Waals surface area contributed by atoms with E-state index in [2.05, 4.69) is 81.2 Å². The van der Waals surface area contributed by atoms with Crippen molar-refractivity contribution in [3.63, 3.8) is 0 Å². The number of carbonyl (C=O) groups is 1. The number of hydrogen-bond donors (Lipinski definition) is 2. The number of thioether (sulfide) groups is 1. The molecule has 2 aliphatic rings. The molecule has 5 rings (SSSR count). The minimum atomic E-state index is -0.718. The minimum absolute atomic E-state index is 0.0391. The maximum Gasteiger partial charge on any atom is 0.255 e. The monoisotopic (exact) mass is 498 g/mol. The molecule has 36 heavy (non-hydrogen) atoms. The quantitative estimate of drug-likeness (QED) is 0.442. The molecule has 5 nitrogen and oxygen atoms in total. The number of pyridine rings is 1. The lowest BCUT2D eigenvalue weighted by molar-refractivity contribution is -0.124. The van der Waals surface area contributed by atoms with Gasteiger partial charge in [-0.1, -0.05) is 72.3 Å². The first-order chi connectivity index (χ1) is 17.8. The Bertz CT molecular complexity index is 1110. The number of amides is 1. The smallest absolute Gasteiger partial charge is 0.255 e. The highest BCUT2D eigenvalue weighted by molar-refractivity contribution is 8.01. The summed E-state index contributed by atoms with van der Waals surface area (Å²) in [6, 6.07) is 25.4. The molecule has 1 aromatic heterocycles. The summed E-state index contributed by atoms with van der Waals surface area (Å²) in [7, 11) is 0. The van der Waals surface area contributed by atoms with Crippen LogP contribution in [0.5, 0.6) is 0 Å². The summed E-state index contributed by atoms with van der Waals surface area (Å²) in [6.07, 6.45) is 6.65. The van der Waals surface area contributed by atoms with Gasteiger partial charge in [0.15, 0.2) is 4.87 Å². The number of benzene rings is 2. The molecule has 3 aromatic rings. The summed E-state index contributed by atoms with van der Waals surface area (Å²) in [5.41, 5.74) is 6.46. The molecular weight excluding hydrogens is 464 g/mol. The van der Waals surface area contributed by atoms with Gasteiger partial charge >= 0.3 is 0 Å². The van der Waals surface area contributed by atoms with Gasteiger partial charge in [0, 0.05) is 49.9 Å². The van der Waals surface area contributed by atoms with Crippen molar-refractivity contribution in [1.82, 2.24) is 20.5 Å². The third-order valence-electron chi connectivity index (χ3n) is 7.06. The molecule has 2 fully saturated rings. The zero-order valence-electron chi connectivity index (χ0n) is 20.7. The molecule has 0 spiro atoms. The van der Waals surface area contributed by atoms with Gasteiger partial charge in [-0.05, 0) is 48.6 Å². The van der Waals surface area contributed by atoms with Crippen molar-refractivity contribution in [2.24, 2.45) is 0 Å². The Hall–Kier alpha value is -2.93. The maximum atomic E-state index is 13.2. The fourth-order valence-electron chi connectivity index (χ4n) is 5.23. The molecule has 0 unspecified atom stereocenters. The number of carbonyl (C=O) groups excluding carboxylic acids is 1. The first kappa shape index (κ1) is 24.8. The normalized spacial score (nSPS) is 20.3. The van der Waals surface area contributed by atoms with Crippen LogP contribution in [0.2, 0.25) is 0 Å². The van der Waals surface area contributed by atoms with E-state index in [1.165, 1.54) is 16.7 Å². The van der Waals surface area contributed by atoms with E-state index in [0.717, 1.165) is 56.8 Å². The number of likely N-dealkylation sites (tertiary alicyclic amines) is 1. The van der Waals surface area contributed by atoms with Gasteiger partial charge in [-0.15, -0.1) is 11.8 Å². The number of aromatic nitrogens is 1. The second-order valence-corrected chi connectivity index (χ2v) is 10.7. The van der Waals surface area contributed by atoms with Crippen molar-refractivity contribution >= 4 is 23.2 Å². The van der Waals surface area contributed by atoms with Gasteiger partial charge in [-0.25, -0.2) is 0 Å². The van der Waals surface area contributed by atoms with E-state index in [-0.39, 0.29) is 5.91 Å². The van der Waals surface area contributed by atoms with Gasteiger partial charge in [0.1, 0.15) is 0 Å². The van der Waals surface area contributed by atoms with Crippen LogP contribution in [0.25, 0.3) is 5.57 Å². The van der Waals surface area contributed by atoms with Crippen LogP contribution in [-0.4, -0.2) is 54.3 Å². The van der Waals surface area contributed by atoms with E-state index in [1.807, 2.05) is 12.1 Å². The molecule has 2 N–H and O–H groups in total. The number of nitrogens with zero attached hydrogens (tertiary/aromatic N) is 2. The molecular formula is C30H34N4OS. The van der Waals surface area contributed by atoms with Crippen molar-refractivity contribution < 1.29 is 4.79 Å². The summed E-state index contributed by atoms with van der Waals surface area (Å²) in [6.45, 7) is 4.62. The molecule has 2 aromatic carbocycles. The van der Waals surface area contributed by atoms with Crippen LogP contribution in [0.15, 0.2) is 90.8 Å². The van der Waals surface area contributed by atoms with Crippen LogP contribution in [-0.2, 0) is 9.67 Å². The molecule has 6 heteroatoms. The largest absolute Gasteiger partial charge is 0.353 e. The lowest BCUT2D eigenvalue weighted by atomic mass is 9.88. The van der Waals surface area contributed by atoms with Gasteiger partial charge in [0.05, 0.1) is 0 Å². The molecule has 1 amide bonds. The summed E-state index contributed by atoms with van der Waals surface area (Å²) >= 11 is 1.66. The SMILES string of the molecule is O=C(NCCCN1CCC(=C(c2ccccc2)c2ccccc2)CC1)[C@@]1(c2cccnc2)NCCS1. The minimum Gasteiger partial charge on any atom is -0.353 e. The second-order valence-electron chi connectivity index (χ2n) is 9.36. The number of nitrogens with one attached hydrogen (secondary N) is 2. The average Bonchev–Trinajstić information content (AvgIpc) is 3.45. The number of rotatable bonds is 8. The summed E-state index contributed by atoms with van der Waals surface area (Å²) < 4.78 is 0. The molecule has 1 atom stereocenters. The van der Waals surface area contributed by atoms with Crippen LogP contribution in [0, 0.1) is 0 Å². The van der Waals surface area contributed by atoms with E-state index in [0.29, 0.717) is 6.54 Å². The molecule has 2 aliphatic heterocycles. The fraction of sp³-hybridized carbons (Fsp3) is 0.333. The first-order valence-corrected chi connectivity index (χ1v) is 13.9. The van der Waals surface area contributed by atoms with Crippen molar-refractivity contribution in [3.8, 4) is 0 Å². The Kier molecular flexibility index (Phi) is 8.16. The van der Waals surface area contributed by atoms with Gasteiger partial charge in [0.25, 0.3) is 5.91 Å². The Morgan fingerprint density at radius 1 is 0.972 bits per heavy atom. The third-order valence-corrected chi connectivity index (χ3v) is 8.46. The predicted octanol–water partition coefficient (Wildman–Crippen LogP) is 4.68. The van der Waals surface area contributed by atoms with E-state index in [4.69, 9.17) is 0 Å². The molecule has 0 radical (unpaired) electrons. The summed E-state index contributed by atoms with van der Waals surface area (Å²) in [5.74, 6) is 0.956. The molecule has 0 aliphatic carbocycles. The van der Waals surface area contributed by atoms with Crippen LogP contribution in [0.3, 0.4) is 0 Å². The predicted molar refractivity (Wildman–Crippen MR) is 149 cm³/mol. The zero-order chi connectivity index (χ0) is 24.6. The number of hydrogen-bond acceptors (Lipinski definition) is 5. The van der Waals surface area contributed by atoms with Crippen LogP contribution in [0.4, 0.5) is 0 Å². The third kappa shape index (κ3) is 5.56. The number of piperidine rings is 1. The van der Waals surface area contributed by atoms with Gasteiger partial charge in [0.2, 0.25) is 0 Å². The highest BCUT2D eigenvalue weighted by Crippen LogP contribution is 2.37. The highest BCUT2D eigenvalue weighted by Gasteiger charge is 2.43. The first-order valence-electron chi connectivity index (χ1n) is 12.9. The Morgan fingerprint density at radius 2 is 1.67 bits per heavy atom. The standard InChI is InChI=1S/C30H34N4OS/c35-29(30(33-18-22-36-30)27-13-7-16-31-23-27)32-17-8-19-34-20-14-26(15-21-34)28(24-9-3-1-4-10-24)25-11-5-2-6-12-25/h1-7,9-13,16,23,33H,8,14-15,17-22H2,(H,32,35)/t30-/m0/s1. The van der Waals surface area contributed by atoms with Crippen molar-refractivity contribution in [3.05, 3.63) is 107 Å². The Labute approximate surface area is 218 Å². The van der Waals surface area contributed by atoms with Crippen LogP contribution >= 0.6 is 11.8 Å². The van der Waals surface area contributed by atoms with E-state index < -0.39 is 4.87 Å². The van der Waals surface area contributed by atoms with E-state index in [1.54, 1.807) is 29.7 Å². The maximum absolute atomic E-state index is 13.2. The fourth-order valence-corrected chi connectivity index (χ4v) is 6.43. The second kappa shape index (κ2) is 11.9. The van der Waals surface area contributed by atoms with Crippen LogP contribution < -0.4 is 10.6 Å². The molecule has 3 heterocycles. The molecule has 2 saturated heterocycles. The molecule has 0 bridgehead atoms. The summed E-state index contributed by atoms with van der Waals surface area (Å²) in [4.78, 5) is 19.2.